The Morgan fingerprint density at radius 2 is 1.89 bits per heavy atom. The first-order valence-electron chi connectivity index (χ1n) is 8.04. The Balaban J connectivity index is 1.46. The van der Waals surface area contributed by atoms with Crippen molar-refractivity contribution in [3.63, 3.8) is 0 Å². The van der Waals surface area contributed by atoms with Crippen LogP contribution in [0.25, 0.3) is 11.5 Å². The molecular formula is C18H13F3N2O4. The summed E-state index contributed by atoms with van der Waals surface area (Å²) in [5.74, 6) is 0.264. The molecule has 0 radical (unpaired) electrons. The zero-order valence-electron chi connectivity index (χ0n) is 13.7. The van der Waals surface area contributed by atoms with Crippen molar-refractivity contribution in [1.29, 1.82) is 0 Å². The third kappa shape index (κ3) is 3.53. The van der Waals surface area contributed by atoms with Crippen molar-refractivity contribution in [2.24, 2.45) is 0 Å². The van der Waals surface area contributed by atoms with E-state index in [4.69, 9.17) is 8.94 Å². The number of hydrogen-bond acceptors (Lipinski definition) is 5. The predicted octanol–water partition coefficient (Wildman–Crippen LogP) is 4.50. The Morgan fingerprint density at radius 1 is 1.15 bits per heavy atom. The van der Waals surface area contributed by atoms with Gasteiger partial charge in [0.2, 0.25) is 11.7 Å². The van der Waals surface area contributed by atoms with Crippen LogP contribution in [0.4, 0.5) is 18.9 Å². The summed E-state index contributed by atoms with van der Waals surface area (Å²) in [6.07, 6.45) is -2.07. The van der Waals surface area contributed by atoms with Crippen LogP contribution >= 0.6 is 0 Å². The van der Waals surface area contributed by atoms with Crippen molar-refractivity contribution < 1.29 is 31.6 Å². The van der Waals surface area contributed by atoms with E-state index in [1.807, 2.05) is 0 Å². The molecule has 1 aliphatic carbocycles. The van der Waals surface area contributed by atoms with E-state index in [1.165, 1.54) is 18.4 Å². The van der Waals surface area contributed by atoms with Gasteiger partial charge in [-0.1, -0.05) is 5.16 Å². The molecule has 0 bridgehead atoms. The van der Waals surface area contributed by atoms with Gasteiger partial charge < -0.3 is 19.0 Å². The molecule has 0 atom stereocenters. The molecule has 1 aromatic carbocycles. The van der Waals surface area contributed by atoms with Gasteiger partial charge in [-0.15, -0.1) is 13.2 Å². The summed E-state index contributed by atoms with van der Waals surface area (Å²) in [6, 6.07) is 10.0. The Hall–Kier alpha value is -3.23. The van der Waals surface area contributed by atoms with Crippen LogP contribution in [0.2, 0.25) is 0 Å². The maximum Gasteiger partial charge on any atom is 0.573 e. The van der Waals surface area contributed by atoms with E-state index in [0.29, 0.717) is 35.7 Å². The average molecular weight is 378 g/mol. The number of hydrogen-bond donors (Lipinski definition) is 1. The Labute approximate surface area is 150 Å². The van der Waals surface area contributed by atoms with E-state index >= 15 is 0 Å². The van der Waals surface area contributed by atoms with E-state index in [2.05, 4.69) is 15.2 Å². The molecule has 6 nitrogen and oxygen atoms in total. The molecule has 2 heterocycles. The number of halogens is 3. The second-order valence-electron chi connectivity index (χ2n) is 6.16. The average Bonchev–Trinajstić information content (AvgIpc) is 3.04. The van der Waals surface area contributed by atoms with Crippen LogP contribution in [0.3, 0.4) is 0 Å². The van der Waals surface area contributed by atoms with E-state index < -0.39 is 11.8 Å². The number of benzene rings is 1. The highest BCUT2D eigenvalue weighted by atomic mass is 19.4. The highest BCUT2D eigenvalue weighted by molar-refractivity contribution is 6.01. The van der Waals surface area contributed by atoms with Gasteiger partial charge in [0, 0.05) is 11.8 Å². The first-order chi connectivity index (χ1) is 12.9. The van der Waals surface area contributed by atoms with Crippen molar-refractivity contribution in [3.05, 3.63) is 54.4 Å². The first-order valence-corrected chi connectivity index (χ1v) is 8.04. The van der Waals surface area contributed by atoms with Crippen LogP contribution in [-0.2, 0) is 10.2 Å². The van der Waals surface area contributed by atoms with Crippen molar-refractivity contribution >= 4 is 11.6 Å². The molecule has 1 N–H and O–H groups in total. The highest BCUT2D eigenvalue weighted by Gasteiger charge is 2.54. The minimum absolute atomic E-state index is 0.300. The molecule has 2 aromatic heterocycles. The number of nitrogens with one attached hydrogen (secondary N) is 1. The molecule has 1 fully saturated rings. The van der Waals surface area contributed by atoms with E-state index in [1.54, 1.807) is 18.2 Å². The van der Waals surface area contributed by atoms with Crippen LogP contribution in [0, 0.1) is 0 Å². The van der Waals surface area contributed by atoms with E-state index in [-0.39, 0.29) is 11.7 Å². The molecule has 1 saturated carbocycles. The fraction of sp³-hybridized carbons (Fsp3) is 0.222. The van der Waals surface area contributed by atoms with Crippen molar-refractivity contribution in [3.8, 4) is 17.3 Å². The Morgan fingerprint density at radius 3 is 2.48 bits per heavy atom. The first kappa shape index (κ1) is 17.2. The number of ether oxygens (including phenoxy) is 1. The molecule has 0 saturated heterocycles. The van der Waals surface area contributed by atoms with Crippen LogP contribution in [0.5, 0.6) is 5.75 Å². The number of nitrogens with zero attached hydrogens (tertiary/aromatic N) is 1. The van der Waals surface area contributed by atoms with Gasteiger partial charge in [0.1, 0.15) is 5.75 Å². The van der Waals surface area contributed by atoms with Crippen molar-refractivity contribution in [2.75, 3.05) is 5.32 Å². The summed E-state index contributed by atoms with van der Waals surface area (Å²) in [5, 5.41) is 6.68. The summed E-state index contributed by atoms with van der Waals surface area (Å²) < 4.78 is 50.9. The molecule has 4 rings (SSSR count). The maximum atomic E-state index is 12.7. The molecule has 27 heavy (non-hydrogen) atoms. The smallest absolute Gasteiger partial charge is 0.461 e. The Kier molecular flexibility index (Phi) is 3.94. The zero-order valence-corrected chi connectivity index (χ0v) is 13.7. The number of amides is 1. The van der Waals surface area contributed by atoms with Gasteiger partial charge in [-0.05, 0) is 49.2 Å². The van der Waals surface area contributed by atoms with Gasteiger partial charge in [0.15, 0.2) is 5.76 Å². The number of aromatic nitrogens is 1. The SMILES string of the molecule is O=C(Nc1ccc(OC(F)(F)F)cc1)C1(c2cc(-c3ccco3)on2)CC1. The molecule has 0 aliphatic heterocycles. The third-order valence-corrected chi connectivity index (χ3v) is 4.29. The molecule has 9 heteroatoms. The second kappa shape index (κ2) is 6.19. The lowest BCUT2D eigenvalue weighted by atomic mass is 10.0. The number of alkyl halides is 3. The lowest BCUT2D eigenvalue weighted by Gasteiger charge is -2.13. The molecule has 140 valence electrons. The third-order valence-electron chi connectivity index (χ3n) is 4.29. The van der Waals surface area contributed by atoms with Crippen LogP contribution < -0.4 is 10.1 Å². The second-order valence-corrected chi connectivity index (χ2v) is 6.16. The lowest BCUT2D eigenvalue weighted by molar-refractivity contribution is -0.274. The maximum absolute atomic E-state index is 12.7. The van der Waals surface area contributed by atoms with Crippen molar-refractivity contribution in [2.45, 2.75) is 24.6 Å². The normalized spacial score (nSPS) is 15.4. The minimum atomic E-state index is -4.76. The zero-order chi connectivity index (χ0) is 19.1. The summed E-state index contributed by atoms with van der Waals surface area (Å²) in [5.41, 5.74) is 0.0362. The van der Waals surface area contributed by atoms with Crippen molar-refractivity contribution in [1.82, 2.24) is 5.16 Å². The summed E-state index contributed by atoms with van der Waals surface area (Å²) >= 11 is 0. The fourth-order valence-electron chi connectivity index (χ4n) is 2.75. The molecule has 0 spiro atoms. The summed E-state index contributed by atoms with van der Waals surface area (Å²) in [6.45, 7) is 0. The van der Waals surface area contributed by atoms with Gasteiger partial charge >= 0.3 is 6.36 Å². The lowest BCUT2D eigenvalue weighted by Crippen LogP contribution is -2.28. The minimum Gasteiger partial charge on any atom is -0.461 e. The van der Waals surface area contributed by atoms with Crippen LogP contribution in [0.15, 0.2) is 57.7 Å². The van der Waals surface area contributed by atoms with E-state index in [0.717, 1.165) is 12.1 Å². The number of anilines is 1. The van der Waals surface area contributed by atoms with Gasteiger partial charge in [-0.3, -0.25) is 4.79 Å². The fourth-order valence-corrected chi connectivity index (χ4v) is 2.75. The Bertz CT molecular complexity index is 942. The monoisotopic (exact) mass is 378 g/mol. The molecule has 0 unspecified atom stereocenters. The van der Waals surface area contributed by atoms with Crippen LogP contribution in [0.1, 0.15) is 18.5 Å². The predicted molar refractivity (Wildman–Crippen MR) is 86.9 cm³/mol. The number of rotatable bonds is 5. The number of carbonyl (C=O) groups excluding carboxylic acids is 1. The largest absolute Gasteiger partial charge is 0.573 e. The quantitative estimate of drug-likeness (QED) is 0.707. The van der Waals surface area contributed by atoms with Gasteiger partial charge in [-0.2, -0.15) is 0 Å². The molecule has 1 aliphatic rings. The molecular weight excluding hydrogens is 365 g/mol. The summed E-state index contributed by atoms with van der Waals surface area (Å²) in [7, 11) is 0. The molecule has 1 amide bonds. The number of furan rings is 1. The van der Waals surface area contributed by atoms with E-state index in [9.17, 15) is 18.0 Å². The topological polar surface area (TPSA) is 77.5 Å². The standard InChI is InChI=1S/C18H13F3N2O4/c19-18(20,21)26-12-5-3-11(4-6-12)22-16(24)17(7-8-17)15-10-14(27-23-15)13-2-1-9-25-13/h1-6,9-10H,7-8H2,(H,22,24). The summed E-state index contributed by atoms with van der Waals surface area (Å²) in [4.78, 5) is 12.7. The molecule has 3 aromatic rings. The number of carbonyl (C=O) groups is 1. The van der Waals surface area contributed by atoms with Gasteiger partial charge in [-0.25, -0.2) is 0 Å². The van der Waals surface area contributed by atoms with Gasteiger partial charge in [0.05, 0.1) is 17.4 Å². The highest BCUT2D eigenvalue weighted by Crippen LogP contribution is 2.49. The van der Waals surface area contributed by atoms with Gasteiger partial charge in [0.25, 0.3) is 0 Å². The van der Waals surface area contributed by atoms with Crippen LogP contribution in [-0.4, -0.2) is 17.4 Å².